The van der Waals surface area contributed by atoms with E-state index in [0.29, 0.717) is 6.42 Å². The van der Waals surface area contributed by atoms with E-state index in [2.05, 4.69) is 16.0 Å². The number of carbonyl (C=O) groups is 2. The molecule has 1 heterocycles. The number of alkyl halides is 3. The van der Waals surface area contributed by atoms with Crippen LogP contribution in [-0.2, 0) is 11.0 Å². The number of hydrogen-bond donors (Lipinski definition) is 3. The number of piperidine rings is 1. The topological polar surface area (TPSA) is 70.2 Å². The van der Waals surface area contributed by atoms with Crippen molar-refractivity contribution in [3.05, 3.63) is 29.8 Å². The number of anilines is 1. The van der Waals surface area contributed by atoms with E-state index in [-0.39, 0.29) is 30.6 Å². The molecule has 21 heavy (non-hydrogen) atoms. The van der Waals surface area contributed by atoms with Gasteiger partial charge in [0.1, 0.15) is 0 Å². The molecule has 0 bridgehead atoms. The molecule has 8 heteroatoms. The molecule has 0 aromatic heterocycles. The van der Waals surface area contributed by atoms with Crippen molar-refractivity contribution in [2.45, 2.75) is 25.1 Å². The minimum Gasteiger partial charge on any atom is -0.354 e. The van der Waals surface area contributed by atoms with Crippen LogP contribution in [0, 0.1) is 0 Å². The van der Waals surface area contributed by atoms with E-state index in [1.807, 2.05) is 0 Å². The Balaban J connectivity index is 1.98. The number of nitrogens with one attached hydrogen (secondary N) is 3. The Morgan fingerprint density at radius 1 is 1.29 bits per heavy atom. The van der Waals surface area contributed by atoms with Gasteiger partial charge in [-0.05, 0) is 18.6 Å². The molecule has 2 rings (SSSR count). The number of carbonyl (C=O) groups excluding carboxylic acids is 2. The Labute approximate surface area is 118 Å². The standard InChI is InChI=1S/C13H14F3N3O2/c14-13(15,16)9-3-1-2-4-10(9)19-12(21)18-8-5-6-11(20)17-7-8/h1-4,8H,5-7H2,(H,17,20)(H2,18,19,21). The summed E-state index contributed by atoms with van der Waals surface area (Å²) in [6.07, 6.45) is -3.80. The van der Waals surface area contributed by atoms with Gasteiger partial charge in [0.05, 0.1) is 11.3 Å². The summed E-state index contributed by atoms with van der Waals surface area (Å²) in [5.74, 6) is -0.101. The maximum atomic E-state index is 12.8. The zero-order valence-electron chi connectivity index (χ0n) is 11.0. The van der Waals surface area contributed by atoms with Crippen LogP contribution in [0.25, 0.3) is 0 Å². The Kier molecular flexibility index (Phi) is 4.35. The fourth-order valence-corrected chi connectivity index (χ4v) is 2.04. The van der Waals surface area contributed by atoms with Crippen LogP contribution in [0.5, 0.6) is 0 Å². The molecule has 0 aliphatic carbocycles. The minimum atomic E-state index is -4.54. The van der Waals surface area contributed by atoms with Crippen LogP contribution in [0.1, 0.15) is 18.4 Å². The van der Waals surface area contributed by atoms with E-state index in [1.165, 1.54) is 18.2 Å². The quantitative estimate of drug-likeness (QED) is 0.783. The van der Waals surface area contributed by atoms with Crippen molar-refractivity contribution >= 4 is 17.6 Å². The molecule has 1 aliphatic heterocycles. The number of benzene rings is 1. The second-order valence-corrected chi connectivity index (χ2v) is 4.68. The van der Waals surface area contributed by atoms with Crippen LogP contribution in [0.2, 0.25) is 0 Å². The van der Waals surface area contributed by atoms with Gasteiger partial charge >= 0.3 is 12.2 Å². The molecular weight excluding hydrogens is 287 g/mol. The summed E-state index contributed by atoms with van der Waals surface area (Å²) in [6.45, 7) is 0.271. The lowest BCUT2D eigenvalue weighted by Crippen LogP contribution is -2.49. The molecule has 1 fully saturated rings. The number of para-hydroxylation sites is 1. The van der Waals surface area contributed by atoms with Crippen LogP contribution in [0.15, 0.2) is 24.3 Å². The Morgan fingerprint density at radius 3 is 2.62 bits per heavy atom. The molecule has 114 valence electrons. The normalized spacial score (nSPS) is 18.8. The number of rotatable bonds is 2. The summed E-state index contributed by atoms with van der Waals surface area (Å²) in [4.78, 5) is 22.7. The van der Waals surface area contributed by atoms with Crippen molar-refractivity contribution in [2.24, 2.45) is 0 Å². The summed E-state index contributed by atoms with van der Waals surface area (Å²) in [5.41, 5.74) is -1.21. The highest BCUT2D eigenvalue weighted by Crippen LogP contribution is 2.34. The summed E-state index contributed by atoms with van der Waals surface area (Å²) in [7, 11) is 0. The maximum Gasteiger partial charge on any atom is 0.418 e. The van der Waals surface area contributed by atoms with E-state index in [0.717, 1.165) is 6.07 Å². The highest BCUT2D eigenvalue weighted by molar-refractivity contribution is 5.90. The average molecular weight is 301 g/mol. The summed E-state index contributed by atoms with van der Waals surface area (Å²) >= 11 is 0. The lowest BCUT2D eigenvalue weighted by molar-refractivity contribution is -0.137. The van der Waals surface area contributed by atoms with Crippen molar-refractivity contribution in [3.63, 3.8) is 0 Å². The van der Waals surface area contributed by atoms with Gasteiger partial charge in [-0.2, -0.15) is 13.2 Å². The SMILES string of the molecule is O=C1CCC(NC(=O)Nc2ccccc2C(F)(F)F)CN1. The largest absolute Gasteiger partial charge is 0.418 e. The van der Waals surface area contributed by atoms with Crippen LogP contribution >= 0.6 is 0 Å². The van der Waals surface area contributed by atoms with Crippen LogP contribution < -0.4 is 16.0 Å². The Morgan fingerprint density at radius 2 is 2.00 bits per heavy atom. The van der Waals surface area contributed by atoms with Gasteiger partial charge in [0.15, 0.2) is 0 Å². The average Bonchev–Trinajstić information content (AvgIpc) is 2.41. The summed E-state index contributed by atoms with van der Waals surface area (Å²) in [6, 6.07) is 3.73. The lowest BCUT2D eigenvalue weighted by atomic mass is 10.1. The zero-order chi connectivity index (χ0) is 15.5. The molecule has 1 unspecified atom stereocenters. The number of amides is 3. The van der Waals surface area contributed by atoms with Gasteiger partial charge in [0.25, 0.3) is 0 Å². The molecule has 1 saturated heterocycles. The minimum absolute atomic E-state index is 0.101. The summed E-state index contributed by atoms with van der Waals surface area (Å²) < 4.78 is 38.3. The summed E-state index contributed by atoms with van der Waals surface area (Å²) in [5, 5.41) is 7.30. The fourth-order valence-electron chi connectivity index (χ4n) is 2.04. The van der Waals surface area contributed by atoms with Crippen molar-refractivity contribution in [1.29, 1.82) is 0 Å². The number of halogens is 3. The van der Waals surface area contributed by atoms with E-state index in [4.69, 9.17) is 0 Å². The first-order valence-corrected chi connectivity index (χ1v) is 6.36. The molecule has 1 aromatic carbocycles. The van der Waals surface area contributed by atoms with Crippen molar-refractivity contribution in [1.82, 2.24) is 10.6 Å². The van der Waals surface area contributed by atoms with E-state index >= 15 is 0 Å². The third-order valence-electron chi connectivity index (χ3n) is 3.08. The maximum absolute atomic E-state index is 12.8. The van der Waals surface area contributed by atoms with Gasteiger partial charge in [-0.3, -0.25) is 4.79 Å². The molecule has 1 aromatic rings. The molecule has 3 N–H and O–H groups in total. The molecule has 0 radical (unpaired) electrons. The smallest absolute Gasteiger partial charge is 0.354 e. The Bertz CT molecular complexity index is 536. The second-order valence-electron chi connectivity index (χ2n) is 4.68. The fraction of sp³-hybridized carbons (Fsp3) is 0.385. The van der Waals surface area contributed by atoms with E-state index < -0.39 is 17.8 Å². The first kappa shape index (κ1) is 15.1. The second kappa shape index (κ2) is 6.02. The van der Waals surface area contributed by atoms with Gasteiger partial charge in [0, 0.05) is 19.0 Å². The molecule has 1 aliphatic rings. The Hall–Kier alpha value is -2.25. The van der Waals surface area contributed by atoms with Crippen LogP contribution in [-0.4, -0.2) is 24.5 Å². The third-order valence-corrected chi connectivity index (χ3v) is 3.08. The molecule has 0 spiro atoms. The monoisotopic (exact) mass is 301 g/mol. The van der Waals surface area contributed by atoms with Crippen molar-refractivity contribution in [3.8, 4) is 0 Å². The van der Waals surface area contributed by atoms with Crippen LogP contribution in [0.3, 0.4) is 0 Å². The van der Waals surface area contributed by atoms with E-state index in [1.54, 1.807) is 0 Å². The lowest BCUT2D eigenvalue weighted by Gasteiger charge is -2.24. The van der Waals surface area contributed by atoms with Gasteiger partial charge in [-0.25, -0.2) is 4.79 Å². The number of hydrogen-bond acceptors (Lipinski definition) is 2. The first-order chi connectivity index (χ1) is 9.86. The van der Waals surface area contributed by atoms with Crippen LogP contribution in [0.4, 0.5) is 23.7 Å². The molecule has 1 atom stereocenters. The zero-order valence-corrected chi connectivity index (χ0v) is 11.0. The highest BCUT2D eigenvalue weighted by atomic mass is 19.4. The molecule has 3 amide bonds. The van der Waals surface area contributed by atoms with Crippen molar-refractivity contribution < 1.29 is 22.8 Å². The third kappa shape index (κ3) is 4.11. The molecule has 0 saturated carbocycles. The predicted octanol–water partition coefficient (Wildman–Crippen LogP) is 2.11. The van der Waals surface area contributed by atoms with Gasteiger partial charge in [0.2, 0.25) is 5.91 Å². The van der Waals surface area contributed by atoms with Gasteiger partial charge < -0.3 is 16.0 Å². The predicted molar refractivity (Wildman–Crippen MR) is 69.6 cm³/mol. The molecule has 5 nitrogen and oxygen atoms in total. The van der Waals surface area contributed by atoms with Crippen molar-refractivity contribution in [2.75, 3.05) is 11.9 Å². The number of urea groups is 1. The van der Waals surface area contributed by atoms with Gasteiger partial charge in [-0.15, -0.1) is 0 Å². The first-order valence-electron chi connectivity index (χ1n) is 6.36. The van der Waals surface area contributed by atoms with E-state index in [9.17, 15) is 22.8 Å². The molecular formula is C13H14F3N3O2. The highest BCUT2D eigenvalue weighted by Gasteiger charge is 2.33. The van der Waals surface area contributed by atoms with Gasteiger partial charge in [-0.1, -0.05) is 12.1 Å².